The molecule has 2 aromatic rings. The molecule has 0 unspecified atom stereocenters. The van der Waals surface area contributed by atoms with Crippen LogP contribution in [-0.4, -0.2) is 30.6 Å². The van der Waals surface area contributed by atoms with E-state index in [1.165, 1.54) is 0 Å². The van der Waals surface area contributed by atoms with E-state index >= 15 is 0 Å². The van der Waals surface area contributed by atoms with Gasteiger partial charge in [0.2, 0.25) is 5.91 Å². The first kappa shape index (κ1) is 30.9. The predicted molar refractivity (Wildman–Crippen MR) is 170 cm³/mol. The van der Waals surface area contributed by atoms with Crippen LogP contribution in [-0.2, 0) is 20.9 Å². The molecule has 43 heavy (non-hydrogen) atoms. The van der Waals surface area contributed by atoms with Crippen LogP contribution >= 0.6 is 0 Å². The van der Waals surface area contributed by atoms with Crippen molar-refractivity contribution in [2.24, 2.45) is 0 Å². The number of allylic oxidation sites excluding steroid dienone is 7. The normalized spacial score (nSPS) is 20.9. The zero-order valence-corrected chi connectivity index (χ0v) is 24.4. The summed E-state index contributed by atoms with van der Waals surface area (Å²) in [6, 6.07) is 15.1. The average molecular weight is 576 g/mol. The number of hydrogen-bond acceptors (Lipinski definition) is 4. The molecule has 0 radical (unpaired) electrons. The summed E-state index contributed by atoms with van der Waals surface area (Å²) in [7, 11) is 0. The van der Waals surface area contributed by atoms with Crippen LogP contribution in [0.5, 0.6) is 0 Å². The third-order valence-electron chi connectivity index (χ3n) is 7.21. The van der Waals surface area contributed by atoms with Gasteiger partial charge in [-0.25, -0.2) is 4.79 Å². The molecule has 2 aliphatic carbocycles. The fraction of sp³-hybridized carbons (Fsp3) is 0.250. The van der Waals surface area contributed by atoms with E-state index in [0.717, 1.165) is 48.9 Å². The van der Waals surface area contributed by atoms with Crippen molar-refractivity contribution in [2.75, 3.05) is 11.4 Å². The lowest BCUT2D eigenvalue weighted by molar-refractivity contribution is -0.122. The molecule has 3 amide bonds. The highest BCUT2D eigenvalue weighted by atomic mass is 16.6. The van der Waals surface area contributed by atoms with Gasteiger partial charge in [0, 0.05) is 22.5 Å². The highest BCUT2D eigenvalue weighted by molar-refractivity contribution is 6.01. The molecule has 2 aromatic carbocycles. The van der Waals surface area contributed by atoms with Crippen molar-refractivity contribution in [1.82, 2.24) is 10.6 Å². The number of hydrogen-bond donors (Lipinski definition) is 2. The molecule has 0 saturated heterocycles. The fourth-order valence-corrected chi connectivity index (χ4v) is 4.90. The molecule has 0 heterocycles. The largest absolute Gasteiger partial charge is 0.446 e. The molecule has 7 heteroatoms. The number of rotatable bonds is 8. The van der Waals surface area contributed by atoms with Gasteiger partial charge in [0.1, 0.15) is 6.10 Å². The van der Waals surface area contributed by atoms with E-state index in [2.05, 4.69) is 28.7 Å². The predicted octanol–water partition coefficient (Wildman–Crippen LogP) is 6.18. The van der Waals surface area contributed by atoms with Crippen molar-refractivity contribution in [3.8, 4) is 12.3 Å². The number of ether oxygens (including phenoxy) is 1. The number of amides is 3. The van der Waals surface area contributed by atoms with Crippen LogP contribution in [0.3, 0.4) is 0 Å². The maximum absolute atomic E-state index is 13.5. The van der Waals surface area contributed by atoms with E-state index in [1.807, 2.05) is 55.5 Å². The number of nitrogens with one attached hydrogen (secondary N) is 2. The summed E-state index contributed by atoms with van der Waals surface area (Å²) in [6.07, 6.45) is 23.9. The second-order valence-electron chi connectivity index (χ2n) is 10.3. The Bertz CT molecular complexity index is 1520. The van der Waals surface area contributed by atoms with Crippen molar-refractivity contribution in [1.29, 1.82) is 0 Å². The minimum Gasteiger partial charge on any atom is -0.446 e. The number of para-hydroxylation sites is 1. The van der Waals surface area contributed by atoms with Crippen LogP contribution in [0.15, 0.2) is 108 Å². The maximum atomic E-state index is 13.5. The third kappa shape index (κ3) is 9.20. The smallest absolute Gasteiger partial charge is 0.411 e. The quantitative estimate of drug-likeness (QED) is 0.291. The van der Waals surface area contributed by atoms with Gasteiger partial charge in [0.25, 0.3) is 5.91 Å². The number of aryl methyl sites for hydroxylation is 1. The fourth-order valence-electron chi connectivity index (χ4n) is 4.90. The Morgan fingerprint density at radius 3 is 2.58 bits per heavy atom. The molecule has 1 atom stereocenters. The lowest BCUT2D eigenvalue weighted by atomic mass is 10.0. The monoisotopic (exact) mass is 575 g/mol. The van der Waals surface area contributed by atoms with E-state index in [4.69, 9.17) is 11.2 Å². The van der Waals surface area contributed by atoms with E-state index in [9.17, 15) is 14.4 Å². The van der Waals surface area contributed by atoms with Crippen molar-refractivity contribution in [3.63, 3.8) is 0 Å². The third-order valence-corrected chi connectivity index (χ3v) is 7.21. The topological polar surface area (TPSA) is 87.7 Å². The molecule has 0 bridgehead atoms. The first-order chi connectivity index (χ1) is 20.9. The van der Waals surface area contributed by atoms with Crippen LogP contribution in [0.2, 0.25) is 0 Å². The van der Waals surface area contributed by atoms with Crippen LogP contribution < -0.4 is 15.5 Å². The minimum atomic E-state index is -0.497. The van der Waals surface area contributed by atoms with E-state index in [1.54, 1.807) is 41.4 Å². The van der Waals surface area contributed by atoms with Crippen molar-refractivity contribution in [3.05, 3.63) is 125 Å². The van der Waals surface area contributed by atoms with E-state index in [0.29, 0.717) is 16.8 Å². The second-order valence-corrected chi connectivity index (χ2v) is 10.3. The number of anilines is 1. The van der Waals surface area contributed by atoms with Crippen LogP contribution in [0.1, 0.15) is 48.8 Å². The van der Waals surface area contributed by atoms with Gasteiger partial charge in [-0.05, 0) is 86.6 Å². The summed E-state index contributed by atoms with van der Waals surface area (Å²) < 4.78 is 5.62. The number of alkyl carbamates (subject to hydrolysis) is 1. The molecule has 7 nitrogen and oxygen atoms in total. The summed E-state index contributed by atoms with van der Waals surface area (Å²) in [5.74, 6) is 2.01. The van der Waals surface area contributed by atoms with Crippen LogP contribution in [0, 0.1) is 19.3 Å². The van der Waals surface area contributed by atoms with Crippen molar-refractivity contribution < 1.29 is 19.1 Å². The Labute approximate surface area is 253 Å². The van der Waals surface area contributed by atoms with Gasteiger partial charge in [0.05, 0.1) is 13.1 Å². The molecule has 0 fully saturated rings. The SMILES string of the molecule is C#Cc1ccccc1CN(C(=O)CNC(=O)C1=C/C=C\C(NC(=O)O[C@@H]2CC/C=C/CCC2)=C/C=C\1)c1ccccc1C. The van der Waals surface area contributed by atoms with Crippen LogP contribution in [0.4, 0.5) is 10.5 Å². The van der Waals surface area contributed by atoms with Gasteiger partial charge in [-0.1, -0.05) is 66.6 Å². The Morgan fingerprint density at radius 1 is 0.977 bits per heavy atom. The molecule has 4 rings (SSSR count). The first-order valence-corrected chi connectivity index (χ1v) is 14.5. The average Bonchev–Trinajstić information content (AvgIpc) is 2.97. The first-order valence-electron chi connectivity index (χ1n) is 14.5. The number of benzene rings is 2. The molecule has 0 saturated carbocycles. The van der Waals surface area contributed by atoms with Gasteiger partial charge in [-0.15, -0.1) is 6.42 Å². The standard InChI is InChI=1S/C36H37N3O4/c1-3-28-16-10-11-17-30(28)26-39(33-24-12-9-15-27(33)2)34(40)25-37-35(41)29-18-13-20-31(21-14-19-29)38-36(42)43-32-22-7-5-4-6-8-23-32/h1,4-5,9-21,24,32H,6-8,22-23,25-26H2,2H3,(H,37,41)(H,38,42)/b5-4+,18-13-,19-14?,20-13?,21-14-,29-18?,29-19+,31-20+,31-21?/t32-/m1/s1. The summed E-state index contributed by atoms with van der Waals surface area (Å²) in [4.78, 5) is 40.6. The Morgan fingerprint density at radius 2 is 1.74 bits per heavy atom. The maximum Gasteiger partial charge on any atom is 0.411 e. The van der Waals surface area contributed by atoms with Crippen molar-refractivity contribution >= 4 is 23.6 Å². The molecule has 2 N–H and O–H groups in total. The molecule has 0 aromatic heterocycles. The van der Waals surface area contributed by atoms with Crippen LogP contribution in [0.25, 0.3) is 0 Å². The lowest BCUT2D eigenvalue weighted by Gasteiger charge is -2.25. The van der Waals surface area contributed by atoms with Gasteiger partial charge in [-0.3, -0.25) is 14.9 Å². The van der Waals surface area contributed by atoms with Gasteiger partial charge >= 0.3 is 6.09 Å². The highest BCUT2D eigenvalue weighted by Gasteiger charge is 2.20. The Balaban J connectivity index is 1.35. The summed E-state index contributed by atoms with van der Waals surface area (Å²) >= 11 is 0. The number of nitrogens with zero attached hydrogens (tertiary/aromatic N) is 1. The molecule has 0 spiro atoms. The zero-order valence-electron chi connectivity index (χ0n) is 24.4. The number of carbonyl (C=O) groups excluding carboxylic acids is 3. The second kappa shape index (κ2) is 15.8. The Hall–Kier alpha value is -5.09. The minimum absolute atomic E-state index is 0.106. The molecular weight excluding hydrogens is 538 g/mol. The molecule has 2 aliphatic rings. The molecule has 220 valence electrons. The van der Waals surface area contributed by atoms with E-state index < -0.39 is 12.0 Å². The van der Waals surface area contributed by atoms with Crippen molar-refractivity contribution in [2.45, 2.75) is 51.7 Å². The summed E-state index contributed by atoms with van der Waals surface area (Å²) in [5, 5.41) is 5.51. The zero-order chi connectivity index (χ0) is 30.4. The number of terminal acetylenes is 1. The summed E-state index contributed by atoms with van der Waals surface area (Å²) in [6.45, 7) is 2.00. The molecule has 0 aliphatic heterocycles. The van der Waals surface area contributed by atoms with Gasteiger partial charge in [0.15, 0.2) is 0 Å². The lowest BCUT2D eigenvalue weighted by Crippen LogP contribution is -2.40. The van der Waals surface area contributed by atoms with Gasteiger partial charge in [-0.2, -0.15) is 0 Å². The highest BCUT2D eigenvalue weighted by Crippen LogP contribution is 2.23. The molecular formula is C36H37N3O4. The van der Waals surface area contributed by atoms with E-state index in [-0.39, 0.29) is 25.1 Å². The summed E-state index contributed by atoms with van der Waals surface area (Å²) in [5.41, 5.74) is 4.13. The van der Waals surface area contributed by atoms with Gasteiger partial charge < -0.3 is 15.0 Å². The Kier molecular flexibility index (Phi) is 11.3. The number of carbonyl (C=O) groups is 3.